The molecular formula is C11H12F3NO2. The van der Waals surface area contributed by atoms with E-state index in [4.69, 9.17) is 4.74 Å². The molecule has 1 aromatic rings. The molecule has 1 aliphatic heterocycles. The molecule has 1 heterocycles. The predicted molar refractivity (Wildman–Crippen MR) is 54.7 cm³/mol. The van der Waals surface area contributed by atoms with Crippen molar-refractivity contribution >= 4 is 0 Å². The van der Waals surface area contributed by atoms with Gasteiger partial charge in [-0.05, 0) is 12.1 Å². The van der Waals surface area contributed by atoms with Gasteiger partial charge in [-0.25, -0.2) is 0 Å². The highest BCUT2D eigenvalue weighted by atomic mass is 19.4. The van der Waals surface area contributed by atoms with Gasteiger partial charge in [0.2, 0.25) is 0 Å². The van der Waals surface area contributed by atoms with Crippen molar-refractivity contribution in [3.05, 3.63) is 29.3 Å². The molecule has 0 amide bonds. The van der Waals surface area contributed by atoms with Gasteiger partial charge < -0.3 is 15.2 Å². The van der Waals surface area contributed by atoms with E-state index in [1.54, 1.807) is 0 Å². The van der Waals surface area contributed by atoms with Crippen LogP contribution in [0.4, 0.5) is 13.2 Å². The molecule has 0 spiro atoms. The number of hydrogen-bond donors (Lipinski definition) is 2. The molecule has 1 saturated heterocycles. The third kappa shape index (κ3) is 2.70. The van der Waals surface area contributed by atoms with Gasteiger partial charge in [-0.3, -0.25) is 0 Å². The fraction of sp³-hybridized carbons (Fsp3) is 0.455. The van der Waals surface area contributed by atoms with Crippen molar-refractivity contribution in [3.8, 4) is 5.75 Å². The maximum atomic E-state index is 12.4. The minimum atomic E-state index is -4.44. The van der Waals surface area contributed by atoms with Crippen molar-refractivity contribution in [1.29, 1.82) is 0 Å². The fourth-order valence-electron chi connectivity index (χ4n) is 1.76. The topological polar surface area (TPSA) is 41.5 Å². The van der Waals surface area contributed by atoms with Gasteiger partial charge in [-0.2, -0.15) is 13.2 Å². The van der Waals surface area contributed by atoms with Crippen molar-refractivity contribution < 1.29 is 23.0 Å². The monoisotopic (exact) mass is 247 g/mol. The highest BCUT2D eigenvalue weighted by Gasteiger charge is 2.32. The molecule has 1 atom stereocenters. The minimum Gasteiger partial charge on any atom is -0.508 e. The average molecular weight is 247 g/mol. The Balaban J connectivity index is 2.25. The zero-order chi connectivity index (χ0) is 12.5. The first-order chi connectivity index (χ1) is 7.98. The minimum absolute atomic E-state index is 0.380. The first-order valence-corrected chi connectivity index (χ1v) is 5.21. The Morgan fingerprint density at radius 2 is 2.12 bits per heavy atom. The first-order valence-electron chi connectivity index (χ1n) is 5.21. The van der Waals surface area contributed by atoms with Gasteiger partial charge in [-0.1, -0.05) is 6.07 Å². The molecule has 6 heteroatoms. The van der Waals surface area contributed by atoms with Crippen LogP contribution in [0.3, 0.4) is 0 Å². The second kappa shape index (κ2) is 4.54. The highest BCUT2D eigenvalue weighted by molar-refractivity contribution is 5.39. The molecule has 1 fully saturated rings. The Morgan fingerprint density at radius 1 is 1.35 bits per heavy atom. The van der Waals surface area contributed by atoms with E-state index in [0.717, 1.165) is 12.1 Å². The molecule has 2 N–H and O–H groups in total. The molecule has 1 aromatic carbocycles. The molecule has 2 rings (SSSR count). The number of aromatic hydroxyl groups is 1. The lowest BCUT2D eigenvalue weighted by Gasteiger charge is -2.24. The molecule has 0 saturated carbocycles. The van der Waals surface area contributed by atoms with Gasteiger partial charge in [0.05, 0.1) is 18.3 Å². The van der Waals surface area contributed by atoms with Crippen molar-refractivity contribution in [2.75, 3.05) is 19.7 Å². The Bertz CT molecular complexity index is 400. The number of halogens is 3. The van der Waals surface area contributed by atoms with Crippen LogP contribution in [0.1, 0.15) is 17.2 Å². The molecule has 0 radical (unpaired) electrons. The van der Waals surface area contributed by atoms with E-state index in [2.05, 4.69) is 5.32 Å². The summed E-state index contributed by atoms with van der Waals surface area (Å²) in [6, 6.07) is 2.94. The van der Waals surface area contributed by atoms with Crippen molar-refractivity contribution in [2.45, 2.75) is 12.3 Å². The lowest BCUT2D eigenvalue weighted by molar-refractivity contribution is -0.137. The Morgan fingerprint density at radius 3 is 2.65 bits per heavy atom. The number of hydrogen-bond acceptors (Lipinski definition) is 3. The normalized spacial score (nSPS) is 21.5. The zero-order valence-electron chi connectivity index (χ0n) is 8.92. The molecular weight excluding hydrogens is 235 g/mol. The number of phenols is 1. The van der Waals surface area contributed by atoms with Gasteiger partial charge in [0.15, 0.2) is 0 Å². The van der Waals surface area contributed by atoms with Gasteiger partial charge in [-0.15, -0.1) is 0 Å². The van der Waals surface area contributed by atoms with E-state index in [1.165, 1.54) is 6.07 Å². The third-order valence-electron chi connectivity index (χ3n) is 2.63. The third-order valence-corrected chi connectivity index (χ3v) is 2.63. The molecule has 0 aromatic heterocycles. The lowest BCUT2D eigenvalue weighted by atomic mass is 10.0. The average Bonchev–Trinajstić information content (AvgIpc) is 2.29. The van der Waals surface area contributed by atoms with Gasteiger partial charge >= 0.3 is 6.18 Å². The molecule has 94 valence electrons. The summed E-state index contributed by atoms with van der Waals surface area (Å²) in [4.78, 5) is 0. The molecule has 17 heavy (non-hydrogen) atoms. The maximum Gasteiger partial charge on any atom is 0.416 e. The smallest absolute Gasteiger partial charge is 0.416 e. The Kier molecular flexibility index (Phi) is 3.26. The van der Waals surface area contributed by atoms with E-state index < -0.39 is 17.8 Å². The largest absolute Gasteiger partial charge is 0.508 e. The predicted octanol–water partition coefficient (Wildman–Crippen LogP) is 2.07. The summed E-state index contributed by atoms with van der Waals surface area (Å²) in [7, 11) is 0. The summed E-state index contributed by atoms with van der Waals surface area (Å²) in [5.74, 6) is -0.381. The zero-order valence-corrected chi connectivity index (χ0v) is 8.92. The fourth-order valence-corrected chi connectivity index (χ4v) is 1.76. The number of alkyl halides is 3. The van der Waals surface area contributed by atoms with Crippen LogP contribution in [0.15, 0.2) is 18.2 Å². The maximum absolute atomic E-state index is 12.4. The summed E-state index contributed by atoms with van der Waals surface area (Å²) in [5.41, 5.74) is -0.479. The van der Waals surface area contributed by atoms with Crippen LogP contribution in [0.25, 0.3) is 0 Å². The summed E-state index contributed by atoms with van der Waals surface area (Å²) < 4.78 is 42.5. The number of rotatable bonds is 1. The summed E-state index contributed by atoms with van der Waals surface area (Å²) in [6.45, 7) is 1.67. The molecule has 1 aliphatic rings. The van der Waals surface area contributed by atoms with E-state index in [0.29, 0.717) is 25.3 Å². The Hall–Kier alpha value is -1.27. The van der Waals surface area contributed by atoms with Crippen molar-refractivity contribution in [1.82, 2.24) is 5.32 Å². The summed E-state index contributed by atoms with van der Waals surface area (Å²) in [6.07, 6.45) is -4.84. The van der Waals surface area contributed by atoms with Crippen LogP contribution in [0, 0.1) is 0 Å². The number of benzene rings is 1. The van der Waals surface area contributed by atoms with Crippen LogP contribution in [0.5, 0.6) is 5.75 Å². The van der Waals surface area contributed by atoms with E-state index in [9.17, 15) is 18.3 Å². The number of nitrogens with one attached hydrogen (secondary N) is 1. The lowest BCUT2D eigenvalue weighted by Crippen LogP contribution is -2.33. The number of ether oxygens (including phenoxy) is 1. The quantitative estimate of drug-likeness (QED) is 0.798. The van der Waals surface area contributed by atoms with Gasteiger partial charge in [0.25, 0.3) is 0 Å². The first kappa shape index (κ1) is 12.2. The molecule has 0 bridgehead atoms. The van der Waals surface area contributed by atoms with Crippen molar-refractivity contribution in [2.24, 2.45) is 0 Å². The molecule has 1 unspecified atom stereocenters. The standard InChI is InChI=1S/C11H12F3NO2/c12-11(13,14)7-1-2-8(9(16)5-7)10-6-15-3-4-17-10/h1-2,5,10,15-16H,3-4,6H2. The summed E-state index contributed by atoms with van der Waals surface area (Å²) in [5, 5.41) is 12.6. The van der Waals surface area contributed by atoms with Crippen LogP contribution < -0.4 is 5.32 Å². The number of morpholine rings is 1. The van der Waals surface area contributed by atoms with Crippen LogP contribution in [0.2, 0.25) is 0 Å². The van der Waals surface area contributed by atoms with Gasteiger partial charge in [0, 0.05) is 18.7 Å². The Labute approximate surface area is 96.2 Å². The SMILES string of the molecule is Oc1cc(C(F)(F)F)ccc1C1CNCCO1. The summed E-state index contributed by atoms with van der Waals surface area (Å²) >= 11 is 0. The number of phenolic OH excluding ortho intramolecular Hbond substituents is 1. The molecule has 0 aliphatic carbocycles. The van der Waals surface area contributed by atoms with Gasteiger partial charge in [0.1, 0.15) is 5.75 Å². The van der Waals surface area contributed by atoms with Crippen LogP contribution >= 0.6 is 0 Å². The van der Waals surface area contributed by atoms with E-state index >= 15 is 0 Å². The van der Waals surface area contributed by atoms with Crippen molar-refractivity contribution in [3.63, 3.8) is 0 Å². The second-order valence-electron chi connectivity index (χ2n) is 3.83. The second-order valence-corrected chi connectivity index (χ2v) is 3.83. The van der Waals surface area contributed by atoms with Crippen LogP contribution in [-0.2, 0) is 10.9 Å². The van der Waals surface area contributed by atoms with E-state index in [1.807, 2.05) is 0 Å². The van der Waals surface area contributed by atoms with E-state index in [-0.39, 0.29) is 5.75 Å². The molecule has 3 nitrogen and oxygen atoms in total. The highest BCUT2D eigenvalue weighted by Crippen LogP contribution is 2.35. The van der Waals surface area contributed by atoms with Crippen LogP contribution in [-0.4, -0.2) is 24.8 Å².